The minimum Gasteiger partial charge on any atom is -0.454 e. The van der Waals surface area contributed by atoms with Gasteiger partial charge in [0.05, 0.1) is 0 Å². The summed E-state index contributed by atoms with van der Waals surface area (Å²) in [7, 11) is 0. The van der Waals surface area contributed by atoms with Crippen LogP contribution in [0, 0.1) is 0 Å². The number of ether oxygens (including phenoxy) is 2. The van der Waals surface area contributed by atoms with Gasteiger partial charge in [-0.15, -0.1) is 0 Å². The standard InChI is InChI=1S/C11H10N4O2S/c1-18-11-14-9(13-10(12)15-11)6-2-3-7-8(4-6)17-5-16-7/h2-4H,5H2,1H3,(H2,12,13,14,15). The van der Waals surface area contributed by atoms with Crippen LogP contribution in [-0.2, 0) is 0 Å². The third-order valence-corrected chi connectivity index (χ3v) is 2.99. The predicted molar refractivity (Wildman–Crippen MR) is 67.6 cm³/mol. The highest BCUT2D eigenvalue weighted by atomic mass is 32.2. The molecule has 1 aromatic heterocycles. The molecule has 2 aromatic rings. The van der Waals surface area contributed by atoms with Crippen LogP contribution in [0.2, 0.25) is 0 Å². The molecule has 0 radical (unpaired) electrons. The summed E-state index contributed by atoms with van der Waals surface area (Å²) in [5.74, 6) is 2.16. The van der Waals surface area contributed by atoms with Crippen molar-refractivity contribution in [3.8, 4) is 22.9 Å². The Labute approximate surface area is 108 Å². The van der Waals surface area contributed by atoms with Crippen LogP contribution >= 0.6 is 11.8 Å². The fourth-order valence-corrected chi connectivity index (χ4v) is 1.99. The van der Waals surface area contributed by atoms with E-state index in [2.05, 4.69) is 15.0 Å². The van der Waals surface area contributed by atoms with E-state index in [9.17, 15) is 0 Å². The zero-order valence-electron chi connectivity index (χ0n) is 9.58. The highest BCUT2D eigenvalue weighted by molar-refractivity contribution is 7.98. The number of anilines is 1. The molecule has 6 nitrogen and oxygen atoms in total. The van der Waals surface area contributed by atoms with Crippen LogP contribution in [0.5, 0.6) is 11.5 Å². The Balaban J connectivity index is 2.06. The van der Waals surface area contributed by atoms with Crippen molar-refractivity contribution >= 4 is 17.7 Å². The molecular formula is C11H10N4O2S. The molecule has 0 saturated heterocycles. The monoisotopic (exact) mass is 262 g/mol. The summed E-state index contributed by atoms with van der Waals surface area (Å²) in [4.78, 5) is 12.4. The average molecular weight is 262 g/mol. The van der Waals surface area contributed by atoms with Gasteiger partial charge < -0.3 is 15.2 Å². The van der Waals surface area contributed by atoms with Gasteiger partial charge in [-0.05, 0) is 24.5 Å². The van der Waals surface area contributed by atoms with Crippen molar-refractivity contribution in [1.29, 1.82) is 0 Å². The van der Waals surface area contributed by atoms with Crippen LogP contribution in [0.1, 0.15) is 0 Å². The second-order valence-corrected chi connectivity index (χ2v) is 4.35. The maximum atomic E-state index is 5.65. The lowest BCUT2D eigenvalue weighted by Gasteiger charge is -2.04. The Bertz CT molecular complexity index is 606. The van der Waals surface area contributed by atoms with E-state index in [0.717, 1.165) is 11.3 Å². The number of thioether (sulfide) groups is 1. The number of rotatable bonds is 2. The molecule has 1 aromatic carbocycles. The summed E-state index contributed by atoms with van der Waals surface area (Å²) in [6.07, 6.45) is 1.89. The Hall–Kier alpha value is -2.02. The van der Waals surface area contributed by atoms with Crippen LogP contribution < -0.4 is 15.2 Å². The third-order valence-electron chi connectivity index (χ3n) is 2.45. The van der Waals surface area contributed by atoms with E-state index < -0.39 is 0 Å². The Morgan fingerprint density at radius 3 is 2.83 bits per heavy atom. The molecule has 92 valence electrons. The molecule has 3 rings (SSSR count). The van der Waals surface area contributed by atoms with E-state index in [1.54, 1.807) is 0 Å². The first-order valence-corrected chi connectivity index (χ1v) is 6.44. The fraction of sp³-hybridized carbons (Fsp3) is 0.182. The molecule has 1 aliphatic rings. The molecule has 0 saturated carbocycles. The van der Waals surface area contributed by atoms with Crippen molar-refractivity contribution in [2.75, 3.05) is 18.8 Å². The van der Waals surface area contributed by atoms with Crippen molar-refractivity contribution in [3.05, 3.63) is 18.2 Å². The van der Waals surface area contributed by atoms with E-state index in [-0.39, 0.29) is 12.7 Å². The number of nitrogen functional groups attached to an aromatic ring is 1. The molecule has 2 N–H and O–H groups in total. The van der Waals surface area contributed by atoms with Crippen molar-refractivity contribution in [2.24, 2.45) is 0 Å². The quantitative estimate of drug-likeness (QED) is 0.822. The molecule has 0 fully saturated rings. The number of nitrogens with zero attached hydrogens (tertiary/aromatic N) is 3. The molecule has 18 heavy (non-hydrogen) atoms. The normalized spacial score (nSPS) is 12.7. The zero-order valence-corrected chi connectivity index (χ0v) is 10.4. The average Bonchev–Trinajstić information content (AvgIpc) is 2.85. The molecule has 0 spiro atoms. The summed E-state index contributed by atoms with van der Waals surface area (Å²) in [6.45, 7) is 0.244. The first kappa shape index (κ1) is 11.1. The molecule has 0 unspecified atom stereocenters. The second-order valence-electron chi connectivity index (χ2n) is 3.57. The van der Waals surface area contributed by atoms with Gasteiger partial charge in [-0.2, -0.15) is 9.97 Å². The van der Waals surface area contributed by atoms with Crippen molar-refractivity contribution in [2.45, 2.75) is 5.16 Å². The Kier molecular flexibility index (Phi) is 2.67. The largest absolute Gasteiger partial charge is 0.454 e. The minimum absolute atomic E-state index is 0.210. The SMILES string of the molecule is CSc1nc(N)nc(-c2ccc3c(c2)OCO3)n1. The molecule has 0 amide bonds. The highest BCUT2D eigenvalue weighted by Gasteiger charge is 2.15. The number of hydrogen-bond acceptors (Lipinski definition) is 7. The van der Waals surface area contributed by atoms with E-state index in [0.29, 0.717) is 16.7 Å². The molecule has 7 heteroatoms. The van der Waals surface area contributed by atoms with Crippen molar-refractivity contribution in [1.82, 2.24) is 15.0 Å². The van der Waals surface area contributed by atoms with E-state index in [4.69, 9.17) is 15.2 Å². The topological polar surface area (TPSA) is 83.2 Å². The zero-order chi connectivity index (χ0) is 12.5. The fourth-order valence-electron chi connectivity index (χ4n) is 1.63. The highest BCUT2D eigenvalue weighted by Crippen LogP contribution is 2.35. The van der Waals surface area contributed by atoms with E-state index in [1.165, 1.54) is 11.8 Å². The first-order valence-electron chi connectivity index (χ1n) is 5.22. The third kappa shape index (κ3) is 1.92. The predicted octanol–water partition coefficient (Wildman–Crippen LogP) is 1.57. The first-order chi connectivity index (χ1) is 8.76. The molecule has 0 aliphatic carbocycles. The van der Waals surface area contributed by atoms with E-state index >= 15 is 0 Å². The summed E-state index contributed by atoms with van der Waals surface area (Å²) >= 11 is 1.42. The maximum absolute atomic E-state index is 5.65. The molecule has 2 heterocycles. The molecular weight excluding hydrogens is 252 g/mol. The summed E-state index contributed by atoms with van der Waals surface area (Å²) in [6, 6.07) is 5.53. The Morgan fingerprint density at radius 1 is 1.17 bits per heavy atom. The van der Waals surface area contributed by atoms with E-state index in [1.807, 2.05) is 24.5 Å². The summed E-state index contributed by atoms with van der Waals surface area (Å²) in [5, 5.41) is 0.593. The van der Waals surface area contributed by atoms with Crippen LogP contribution in [0.4, 0.5) is 5.95 Å². The number of hydrogen-bond donors (Lipinski definition) is 1. The lowest BCUT2D eigenvalue weighted by atomic mass is 10.2. The molecule has 0 bridgehead atoms. The van der Waals surface area contributed by atoms with Crippen molar-refractivity contribution in [3.63, 3.8) is 0 Å². The van der Waals surface area contributed by atoms with Crippen LogP contribution in [0.25, 0.3) is 11.4 Å². The lowest BCUT2D eigenvalue weighted by Crippen LogP contribution is -2.01. The molecule has 0 atom stereocenters. The van der Waals surface area contributed by atoms with Gasteiger partial charge >= 0.3 is 0 Å². The van der Waals surface area contributed by atoms with Crippen LogP contribution in [-0.4, -0.2) is 28.0 Å². The van der Waals surface area contributed by atoms with Gasteiger partial charge in [-0.3, -0.25) is 0 Å². The lowest BCUT2D eigenvalue weighted by molar-refractivity contribution is 0.174. The second kappa shape index (κ2) is 4.34. The smallest absolute Gasteiger partial charge is 0.231 e. The Morgan fingerprint density at radius 2 is 2.00 bits per heavy atom. The van der Waals surface area contributed by atoms with Gasteiger partial charge in [0.25, 0.3) is 0 Å². The van der Waals surface area contributed by atoms with Gasteiger partial charge in [0.2, 0.25) is 12.7 Å². The van der Waals surface area contributed by atoms with Gasteiger partial charge in [0, 0.05) is 5.56 Å². The van der Waals surface area contributed by atoms with Gasteiger partial charge in [0.15, 0.2) is 22.5 Å². The van der Waals surface area contributed by atoms with Crippen LogP contribution in [0.15, 0.2) is 23.4 Å². The van der Waals surface area contributed by atoms with Gasteiger partial charge in [-0.1, -0.05) is 11.8 Å². The number of nitrogens with two attached hydrogens (primary N) is 1. The maximum Gasteiger partial charge on any atom is 0.231 e. The number of fused-ring (bicyclic) bond motifs is 1. The number of benzene rings is 1. The minimum atomic E-state index is 0.210. The molecule has 1 aliphatic heterocycles. The number of aromatic nitrogens is 3. The summed E-state index contributed by atoms with van der Waals surface area (Å²) < 4.78 is 10.6. The van der Waals surface area contributed by atoms with Crippen LogP contribution in [0.3, 0.4) is 0 Å². The van der Waals surface area contributed by atoms with Crippen molar-refractivity contribution < 1.29 is 9.47 Å². The summed E-state index contributed by atoms with van der Waals surface area (Å²) in [5.41, 5.74) is 6.48. The van der Waals surface area contributed by atoms with Gasteiger partial charge in [0.1, 0.15) is 0 Å². The van der Waals surface area contributed by atoms with Gasteiger partial charge in [-0.25, -0.2) is 4.98 Å².